The quantitative estimate of drug-likeness (QED) is 0.514. The van der Waals surface area contributed by atoms with Gasteiger partial charge in [-0.25, -0.2) is 4.98 Å². The second-order valence-electron chi connectivity index (χ2n) is 7.00. The molecule has 4 rings (SSSR count). The zero-order valence-electron chi connectivity index (χ0n) is 15.9. The molecule has 4 aromatic heterocycles. The van der Waals surface area contributed by atoms with Gasteiger partial charge in [0.05, 0.1) is 17.2 Å². The summed E-state index contributed by atoms with van der Waals surface area (Å²) in [5.74, 6) is 1.41. The Kier molecular flexibility index (Phi) is 4.81. The van der Waals surface area contributed by atoms with Crippen molar-refractivity contribution in [3.63, 3.8) is 0 Å². The molecule has 0 unspecified atom stereocenters. The van der Waals surface area contributed by atoms with Gasteiger partial charge in [0.15, 0.2) is 0 Å². The molecule has 27 heavy (non-hydrogen) atoms. The normalized spacial score (nSPS) is 11.7. The zero-order valence-corrected chi connectivity index (χ0v) is 15.9. The monoisotopic (exact) mass is 361 g/mol. The van der Waals surface area contributed by atoms with Crippen molar-refractivity contribution in [1.29, 1.82) is 0 Å². The SMILES string of the molecule is CCOCc1nc2cnc3cc(-c4cccnc4)cnc3c2n1CC(C)C. The highest BCUT2D eigenvalue weighted by Gasteiger charge is 2.16. The third-order valence-electron chi connectivity index (χ3n) is 4.47. The van der Waals surface area contributed by atoms with E-state index in [4.69, 9.17) is 14.7 Å². The molecule has 4 heterocycles. The number of pyridine rings is 3. The molecule has 0 bridgehead atoms. The average molecular weight is 361 g/mol. The van der Waals surface area contributed by atoms with E-state index in [9.17, 15) is 0 Å². The van der Waals surface area contributed by atoms with E-state index in [1.807, 2.05) is 37.6 Å². The Morgan fingerprint density at radius 2 is 1.96 bits per heavy atom. The lowest BCUT2D eigenvalue weighted by molar-refractivity contribution is 0.125. The van der Waals surface area contributed by atoms with Crippen LogP contribution in [0.3, 0.4) is 0 Å². The van der Waals surface area contributed by atoms with E-state index < -0.39 is 0 Å². The van der Waals surface area contributed by atoms with E-state index in [2.05, 4.69) is 34.4 Å². The topological polar surface area (TPSA) is 65.7 Å². The van der Waals surface area contributed by atoms with Crippen molar-refractivity contribution in [2.45, 2.75) is 33.9 Å². The van der Waals surface area contributed by atoms with Gasteiger partial charge in [-0.2, -0.15) is 0 Å². The van der Waals surface area contributed by atoms with Gasteiger partial charge in [0, 0.05) is 42.9 Å². The van der Waals surface area contributed by atoms with Gasteiger partial charge >= 0.3 is 0 Å². The summed E-state index contributed by atoms with van der Waals surface area (Å²) in [6.45, 7) is 8.42. The average Bonchev–Trinajstić information content (AvgIpc) is 3.03. The standard InChI is InChI=1S/C21H23N5O/c1-4-27-13-19-25-18-11-23-17-8-16(15-6-5-7-22-9-15)10-24-20(17)21(18)26(19)12-14(2)3/h5-11,14H,4,12-13H2,1-3H3. The van der Waals surface area contributed by atoms with Crippen LogP contribution >= 0.6 is 0 Å². The maximum absolute atomic E-state index is 5.63. The summed E-state index contributed by atoms with van der Waals surface area (Å²) in [6.07, 6.45) is 7.32. The number of hydrogen-bond donors (Lipinski definition) is 0. The van der Waals surface area contributed by atoms with Gasteiger partial charge in [0.1, 0.15) is 23.5 Å². The molecule has 0 aliphatic carbocycles. The first-order valence-corrected chi connectivity index (χ1v) is 9.29. The number of rotatable bonds is 6. The first kappa shape index (κ1) is 17.5. The van der Waals surface area contributed by atoms with Gasteiger partial charge < -0.3 is 9.30 Å². The van der Waals surface area contributed by atoms with Crippen LogP contribution in [-0.4, -0.2) is 31.1 Å². The number of hydrogen-bond acceptors (Lipinski definition) is 5. The Balaban J connectivity index is 1.90. The molecule has 0 aromatic carbocycles. The first-order valence-electron chi connectivity index (χ1n) is 9.29. The minimum atomic E-state index is 0.487. The fraction of sp³-hybridized carbons (Fsp3) is 0.333. The van der Waals surface area contributed by atoms with Crippen molar-refractivity contribution in [2.24, 2.45) is 5.92 Å². The van der Waals surface area contributed by atoms with Crippen LogP contribution < -0.4 is 0 Å². The largest absolute Gasteiger partial charge is 0.374 e. The maximum Gasteiger partial charge on any atom is 0.136 e. The lowest BCUT2D eigenvalue weighted by Gasteiger charge is -2.12. The van der Waals surface area contributed by atoms with E-state index in [1.54, 1.807) is 6.20 Å². The summed E-state index contributed by atoms with van der Waals surface area (Å²) >= 11 is 0. The number of fused-ring (bicyclic) bond motifs is 3. The van der Waals surface area contributed by atoms with E-state index >= 15 is 0 Å². The second-order valence-corrected chi connectivity index (χ2v) is 7.00. The van der Waals surface area contributed by atoms with Gasteiger partial charge in [-0.1, -0.05) is 19.9 Å². The molecule has 0 radical (unpaired) electrons. The molecular weight excluding hydrogens is 338 g/mol. The first-order chi connectivity index (χ1) is 13.2. The lowest BCUT2D eigenvalue weighted by atomic mass is 10.1. The zero-order chi connectivity index (χ0) is 18.8. The molecule has 0 fully saturated rings. The maximum atomic E-state index is 5.63. The van der Waals surface area contributed by atoms with Gasteiger partial charge in [-0.05, 0) is 25.0 Å². The highest BCUT2D eigenvalue weighted by Crippen LogP contribution is 2.27. The minimum absolute atomic E-state index is 0.487. The third-order valence-corrected chi connectivity index (χ3v) is 4.47. The highest BCUT2D eigenvalue weighted by atomic mass is 16.5. The molecule has 4 aromatic rings. The Labute approximate surface area is 158 Å². The summed E-state index contributed by atoms with van der Waals surface area (Å²) in [5.41, 5.74) is 5.65. The van der Waals surface area contributed by atoms with Crippen LogP contribution in [0.4, 0.5) is 0 Å². The van der Waals surface area contributed by atoms with E-state index in [1.165, 1.54) is 0 Å². The van der Waals surface area contributed by atoms with Crippen molar-refractivity contribution in [3.8, 4) is 11.1 Å². The number of imidazole rings is 1. The van der Waals surface area contributed by atoms with Crippen LogP contribution in [0, 0.1) is 5.92 Å². The molecule has 0 amide bonds. The van der Waals surface area contributed by atoms with Crippen molar-refractivity contribution in [3.05, 3.63) is 48.8 Å². The minimum Gasteiger partial charge on any atom is -0.374 e. The summed E-state index contributed by atoms with van der Waals surface area (Å²) < 4.78 is 7.86. The van der Waals surface area contributed by atoms with Crippen LogP contribution in [0.2, 0.25) is 0 Å². The molecule has 6 nitrogen and oxygen atoms in total. The van der Waals surface area contributed by atoms with Gasteiger partial charge in [-0.15, -0.1) is 0 Å². The molecule has 0 aliphatic heterocycles. The molecule has 0 saturated carbocycles. The van der Waals surface area contributed by atoms with Crippen LogP contribution in [0.5, 0.6) is 0 Å². The molecule has 0 saturated heterocycles. The number of aromatic nitrogens is 5. The predicted molar refractivity (Wildman–Crippen MR) is 106 cm³/mol. The Morgan fingerprint density at radius 3 is 2.70 bits per heavy atom. The van der Waals surface area contributed by atoms with Crippen molar-refractivity contribution >= 4 is 22.1 Å². The van der Waals surface area contributed by atoms with Gasteiger partial charge in [0.25, 0.3) is 0 Å². The van der Waals surface area contributed by atoms with Crippen LogP contribution in [-0.2, 0) is 17.9 Å². The van der Waals surface area contributed by atoms with E-state index in [0.29, 0.717) is 19.1 Å². The summed E-state index contributed by atoms with van der Waals surface area (Å²) in [7, 11) is 0. The van der Waals surface area contributed by atoms with Crippen molar-refractivity contribution in [2.75, 3.05) is 6.61 Å². The molecular formula is C21H23N5O. The summed E-state index contributed by atoms with van der Waals surface area (Å²) in [6, 6.07) is 6.01. The van der Waals surface area contributed by atoms with Gasteiger partial charge in [0.2, 0.25) is 0 Å². The molecule has 0 N–H and O–H groups in total. The fourth-order valence-electron chi connectivity index (χ4n) is 3.28. The lowest BCUT2D eigenvalue weighted by Crippen LogP contribution is -2.10. The van der Waals surface area contributed by atoms with Crippen LogP contribution in [0.25, 0.3) is 33.2 Å². The molecule has 0 atom stereocenters. The Hall–Kier alpha value is -2.86. The highest BCUT2D eigenvalue weighted by molar-refractivity contribution is 6.00. The van der Waals surface area contributed by atoms with Crippen molar-refractivity contribution < 1.29 is 4.74 Å². The van der Waals surface area contributed by atoms with Crippen LogP contribution in [0.15, 0.2) is 43.0 Å². The molecule has 138 valence electrons. The molecule has 0 spiro atoms. The third kappa shape index (κ3) is 3.40. The molecule has 0 aliphatic rings. The second kappa shape index (κ2) is 7.40. The van der Waals surface area contributed by atoms with Crippen molar-refractivity contribution in [1.82, 2.24) is 24.5 Å². The molecule has 6 heteroatoms. The number of ether oxygens (including phenoxy) is 1. The predicted octanol–water partition coefficient (Wildman–Crippen LogP) is 4.23. The fourth-order valence-corrected chi connectivity index (χ4v) is 3.28. The summed E-state index contributed by atoms with van der Waals surface area (Å²) in [4.78, 5) is 18.3. The summed E-state index contributed by atoms with van der Waals surface area (Å²) in [5, 5.41) is 0. The van der Waals surface area contributed by atoms with E-state index in [-0.39, 0.29) is 0 Å². The Bertz CT molecular complexity index is 1070. The number of nitrogens with zero attached hydrogens (tertiary/aromatic N) is 5. The van der Waals surface area contributed by atoms with Crippen LogP contribution in [0.1, 0.15) is 26.6 Å². The van der Waals surface area contributed by atoms with Gasteiger partial charge in [-0.3, -0.25) is 15.0 Å². The van der Waals surface area contributed by atoms with E-state index in [0.717, 1.165) is 45.6 Å². The smallest absolute Gasteiger partial charge is 0.136 e. The Morgan fingerprint density at radius 1 is 1.07 bits per heavy atom.